The lowest BCUT2D eigenvalue weighted by Crippen LogP contribution is -2.49. The van der Waals surface area contributed by atoms with Gasteiger partial charge in [0.15, 0.2) is 0 Å². The first-order chi connectivity index (χ1) is 13.4. The van der Waals surface area contributed by atoms with E-state index in [0.29, 0.717) is 30.6 Å². The molecular weight excluding hydrogens is 363 g/mol. The lowest BCUT2D eigenvalue weighted by atomic mass is 9.90. The summed E-state index contributed by atoms with van der Waals surface area (Å²) >= 11 is 0. The van der Waals surface area contributed by atoms with Gasteiger partial charge in [0.2, 0.25) is 5.91 Å². The normalized spacial score (nSPS) is 17.9. The molecule has 0 spiro atoms. The van der Waals surface area contributed by atoms with E-state index in [4.69, 9.17) is 11.1 Å². The fourth-order valence-electron chi connectivity index (χ4n) is 3.24. The van der Waals surface area contributed by atoms with Gasteiger partial charge in [-0.15, -0.1) is 0 Å². The predicted octanol–water partition coefficient (Wildman–Crippen LogP) is 1.85. The number of nitrogen functional groups attached to an aromatic ring is 1. The summed E-state index contributed by atoms with van der Waals surface area (Å²) in [6.07, 6.45) is -0.682. The molecule has 1 aliphatic rings. The van der Waals surface area contributed by atoms with Gasteiger partial charge in [0.1, 0.15) is 17.8 Å². The number of hydrogen-bond donors (Lipinski definition) is 4. The quantitative estimate of drug-likeness (QED) is 0.464. The highest BCUT2D eigenvalue weighted by Gasteiger charge is 2.38. The van der Waals surface area contributed by atoms with Gasteiger partial charge < -0.3 is 21.1 Å². The maximum absolute atomic E-state index is 14.1. The van der Waals surface area contributed by atoms with Crippen LogP contribution in [0.1, 0.15) is 18.4 Å². The van der Waals surface area contributed by atoms with E-state index in [1.807, 2.05) is 0 Å². The summed E-state index contributed by atoms with van der Waals surface area (Å²) in [7, 11) is 0. The van der Waals surface area contributed by atoms with E-state index in [-0.39, 0.29) is 11.5 Å². The minimum Gasteiger partial charge on any atom is -0.384 e. The fraction of sp³-hybridized carbons (Fsp3) is 0.250. The second-order valence-corrected chi connectivity index (χ2v) is 6.62. The van der Waals surface area contributed by atoms with E-state index in [1.165, 1.54) is 23.1 Å². The smallest absolute Gasteiger partial charge is 0.254 e. The average molecular weight is 384 g/mol. The van der Waals surface area contributed by atoms with Gasteiger partial charge in [0.05, 0.1) is 11.6 Å². The van der Waals surface area contributed by atoms with Gasteiger partial charge >= 0.3 is 0 Å². The van der Waals surface area contributed by atoms with E-state index < -0.39 is 29.7 Å². The monoisotopic (exact) mass is 384 g/mol. The first kappa shape index (κ1) is 19.5. The van der Waals surface area contributed by atoms with Crippen LogP contribution < -0.4 is 16.0 Å². The van der Waals surface area contributed by atoms with Crippen LogP contribution >= 0.6 is 0 Å². The minimum absolute atomic E-state index is 0.0982. The Labute approximate surface area is 161 Å². The number of piperidine rings is 1. The highest BCUT2D eigenvalue weighted by atomic mass is 19.1. The van der Waals surface area contributed by atoms with Gasteiger partial charge in [0, 0.05) is 17.8 Å². The van der Waals surface area contributed by atoms with E-state index >= 15 is 0 Å². The number of para-hydroxylation sites is 1. The van der Waals surface area contributed by atoms with Crippen LogP contribution in [0, 0.1) is 17.1 Å². The van der Waals surface area contributed by atoms with Crippen LogP contribution in [0.4, 0.5) is 15.8 Å². The van der Waals surface area contributed by atoms with E-state index in [2.05, 4.69) is 5.32 Å². The molecule has 0 bridgehead atoms. The van der Waals surface area contributed by atoms with Crippen molar-refractivity contribution in [3.8, 4) is 0 Å². The Bertz CT molecular complexity index is 901. The van der Waals surface area contributed by atoms with E-state index in [0.717, 1.165) is 0 Å². The van der Waals surface area contributed by atoms with Gasteiger partial charge in [-0.2, -0.15) is 0 Å². The second-order valence-electron chi connectivity index (χ2n) is 6.62. The predicted molar refractivity (Wildman–Crippen MR) is 104 cm³/mol. The number of halogens is 1. The van der Waals surface area contributed by atoms with E-state index in [1.54, 1.807) is 30.3 Å². The molecule has 5 N–H and O–H groups in total. The molecule has 0 unspecified atom stereocenters. The molecule has 1 fully saturated rings. The van der Waals surface area contributed by atoms with Crippen molar-refractivity contribution in [3.63, 3.8) is 0 Å². The number of amides is 2. The third kappa shape index (κ3) is 4.01. The number of rotatable bonds is 5. The zero-order chi connectivity index (χ0) is 20.3. The molecule has 0 aliphatic carbocycles. The van der Waals surface area contributed by atoms with Crippen molar-refractivity contribution in [2.45, 2.75) is 18.9 Å². The third-order valence-corrected chi connectivity index (χ3v) is 4.74. The number of aliphatic hydroxyl groups is 1. The Morgan fingerprint density at radius 1 is 1.25 bits per heavy atom. The molecule has 28 heavy (non-hydrogen) atoms. The molecule has 2 atom stereocenters. The molecule has 0 saturated carbocycles. The number of amidine groups is 1. The number of benzene rings is 2. The number of nitrogens with one attached hydrogen (secondary N) is 2. The largest absolute Gasteiger partial charge is 0.384 e. The lowest BCUT2D eigenvalue weighted by molar-refractivity contribution is -0.136. The highest BCUT2D eigenvalue weighted by molar-refractivity contribution is 6.02. The Hall–Kier alpha value is -3.26. The Kier molecular flexibility index (Phi) is 5.70. The number of nitrogens with zero attached hydrogens (tertiary/aromatic N) is 1. The van der Waals surface area contributed by atoms with Crippen molar-refractivity contribution < 1.29 is 19.1 Å². The number of carbonyl (C=O) groups excluding carboxylic acids is 2. The van der Waals surface area contributed by atoms with Crippen LogP contribution in [0.15, 0.2) is 48.5 Å². The molecule has 8 heteroatoms. The number of nitrogens with two attached hydrogens (primary N) is 1. The van der Waals surface area contributed by atoms with Crippen molar-refractivity contribution in [2.75, 3.05) is 16.8 Å². The minimum atomic E-state index is -1.56. The summed E-state index contributed by atoms with van der Waals surface area (Å²) < 4.78 is 14.1. The summed E-state index contributed by atoms with van der Waals surface area (Å²) in [5, 5.41) is 20.3. The molecule has 3 rings (SSSR count). The summed E-state index contributed by atoms with van der Waals surface area (Å²) in [5.41, 5.74) is 6.44. The maximum atomic E-state index is 14.1. The molecule has 2 aromatic rings. The summed E-state index contributed by atoms with van der Waals surface area (Å²) in [4.78, 5) is 26.5. The van der Waals surface area contributed by atoms with Crippen LogP contribution in [-0.2, 0) is 9.59 Å². The summed E-state index contributed by atoms with van der Waals surface area (Å²) in [6, 6.07) is 12.2. The topological polar surface area (TPSA) is 120 Å². The fourth-order valence-corrected chi connectivity index (χ4v) is 3.24. The molecule has 1 heterocycles. The lowest BCUT2D eigenvalue weighted by Gasteiger charge is -2.34. The van der Waals surface area contributed by atoms with Gasteiger partial charge in [-0.3, -0.25) is 15.0 Å². The SMILES string of the molecule is N=C(N)c1ccc(NC(=O)[C@H](O)[C@H]2CCCN(c3ccccc3F)C2=O)cc1. The zero-order valence-electron chi connectivity index (χ0n) is 15.1. The van der Waals surface area contributed by atoms with Crippen molar-refractivity contribution in [1.29, 1.82) is 5.41 Å². The first-order valence-electron chi connectivity index (χ1n) is 8.88. The van der Waals surface area contributed by atoms with Crippen LogP contribution in [0.2, 0.25) is 0 Å². The van der Waals surface area contributed by atoms with Crippen LogP contribution in [0.3, 0.4) is 0 Å². The van der Waals surface area contributed by atoms with E-state index in [9.17, 15) is 19.1 Å². The molecule has 2 amide bonds. The molecule has 146 valence electrons. The summed E-state index contributed by atoms with van der Waals surface area (Å²) in [5.74, 6) is -2.78. The van der Waals surface area contributed by atoms with Gasteiger partial charge in [0.25, 0.3) is 5.91 Å². The van der Waals surface area contributed by atoms with Crippen molar-refractivity contribution >= 4 is 29.0 Å². The summed E-state index contributed by atoms with van der Waals surface area (Å²) in [6.45, 7) is 0.330. The molecule has 2 aromatic carbocycles. The van der Waals surface area contributed by atoms with Crippen molar-refractivity contribution in [3.05, 3.63) is 59.9 Å². The highest BCUT2D eigenvalue weighted by Crippen LogP contribution is 2.28. The van der Waals surface area contributed by atoms with Gasteiger partial charge in [-0.25, -0.2) is 4.39 Å². The molecule has 0 radical (unpaired) electrons. The number of aliphatic hydroxyl groups excluding tert-OH is 1. The maximum Gasteiger partial charge on any atom is 0.254 e. The molecule has 0 aromatic heterocycles. The second kappa shape index (κ2) is 8.18. The number of hydrogen-bond acceptors (Lipinski definition) is 4. The van der Waals surface area contributed by atoms with Crippen molar-refractivity contribution in [1.82, 2.24) is 0 Å². The first-order valence-corrected chi connectivity index (χ1v) is 8.88. The van der Waals surface area contributed by atoms with Crippen molar-refractivity contribution in [2.24, 2.45) is 11.7 Å². The Morgan fingerprint density at radius 3 is 2.57 bits per heavy atom. The van der Waals surface area contributed by atoms with Crippen LogP contribution in [0.25, 0.3) is 0 Å². The number of carbonyl (C=O) groups is 2. The molecule has 7 nitrogen and oxygen atoms in total. The molecular formula is C20H21FN4O3. The van der Waals surface area contributed by atoms with Gasteiger partial charge in [-0.1, -0.05) is 12.1 Å². The van der Waals surface area contributed by atoms with Gasteiger partial charge in [-0.05, 0) is 49.2 Å². The average Bonchev–Trinajstić information content (AvgIpc) is 2.68. The molecule has 1 saturated heterocycles. The Balaban J connectivity index is 1.71. The van der Waals surface area contributed by atoms with Crippen LogP contribution in [-0.4, -0.2) is 35.4 Å². The third-order valence-electron chi connectivity index (χ3n) is 4.74. The molecule has 1 aliphatic heterocycles. The standard InChI is InChI=1S/C20H21FN4O3/c21-15-5-1-2-6-16(15)25-11-3-4-14(20(25)28)17(26)19(27)24-13-9-7-12(8-10-13)18(22)23/h1-2,5-10,14,17,26H,3-4,11H2,(H3,22,23)(H,24,27)/t14-,17-/m1/s1. The van der Waals surface area contributed by atoms with Crippen LogP contribution in [0.5, 0.6) is 0 Å². The Morgan fingerprint density at radius 2 is 1.93 bits per heavy atom. The zero-order valence-corrected chi connectivity index (χ0v) is 15.1. The number of anilines is 2.